The number of hydrogen-bond donors (Lipinski definition) is 0. The molecule has 2 nitrogen and oxygen atoms in total. The van der Waals surface area contributed by atoms with Crippen LogP contribution >= 0.6 is 0 Å². The fraction of sp³-hybridized carbons (Fsp3) is 0.214. The molecule has 0 N–H and O–H groups in total. The van der Waals surface area contributed by atoms with Gasteiger partial charge in [0.25, 0.3) is 0 Å². The summed E-state index contributed by atoms with van der Waals surface area (Å²) in [4.78, 5) is 10.9. The largest absolute Gasteiger partial charge is 0.311 e. The Morgan fingerprint density at radius 1 is 1.00 bits per heavy atom. The molecule has 0 radical (unpaired) electrons. The number of carbonyl (C=O) groups is 1. The molecule has 0 unspecified atom stereocenters. The zero-order chi connectivity index (χ0) is 11.7. The van der Waals surface area contributed by atoms with Gasteiger partial charge in [-0.2, -0.15) is 0 Å². The van der Waals surface area contributed by atoms with Crippen LogP contribution in [0, 0.1) is 20.8 Å². The van der Waals surface area contributed by atoms with Crippen molar-refractivity contribution in [3.05, 3.63) is 52.8 Å². The van der Waals surface area contributed by atoms with Crippen LogP contribution in [0.1, 0.15) is 27.3 Å². The van der Waals surface area contributed by atoms with Crippen LogP contribution in [-0.4, -0.2) is 10.9 Å². The number of nitrogens with zero attached hydrogens (tertiary/aromatic N) is 1. The van der Waals surface area contributed by atoms with Gasteiger partial charge in [0.1, 0.15) is 0 Å². The molecule has 0 aliphatic carbocycles. The van der Waals surface area contributed by atoms with Gasteiger partial charge in [0.15, 0.2) is 6.29 Å². The van der Waals surface area contributed by atoms with E-state index in [9.17, 15) is 4.79 Å². The highest BCUT2D eigenvalue weighted by molar-refractivity contribution is 5.74. The second kappa shape index (κ2) is 3.97. The van der Waals surface area contributed by atoms with Crippen LogP contribution in [0.4, 0.5) is 0 Å². The van der Waals surface area contributed by atoms with Gasteiger partial charge in [-0.15, -0.1) is 0 Å². The van der Waals surface area contributed by atoms with Crippen LogP contribution in [0.25, 0.3) is 5.69 Å². The maximum absolute atomic E-state index is 10.9. The van der Waals surface area contributed by atoms with Crippen molar-refractivity contribution in [3.8, 4) is 5.69 Å². The summed E-state index contributed by atoms with van der Waals surface area (Å²) >= 11 is 0. The third kappa shape index (κ3) is 1.67. The lowest BCUT2D eigenvalue weighted by Crippen LogP contribution is -2.01. The fourth-order valence-corrected chi connectivity index (χ4v) is 1.87. The van der Waals surface area contributed by atoms with Crippen molar-refractivity contribution in [1.29, 1.82) is 0 Å². The molecule has 0 aliphatic heterocycles. The van der Waals surface area contributed by atoms with E-state index in [0.29, 0.717) is 5.69 Å². The van der Waals surface area contributed by atoms with E-state index in [1.54, 1.807) is 0 Å². The first-order chi connectivity index (χ1) is 7.63. The van der Waals surface area contributed by atoms with Gasteiger partial charge in [0.2, 0.25) is 0 Å². The Morgan fingerprint density at radius 2 is 1.75 bits per heavy atom. The van der Waals surface area contributed by atoms with Crippen molar-refractivity contribution in [2.45, 2.75) is 20.8 Å². The number of aryl methyl sites for hydroxylation is 3. The Morgan fingerprint density at radius 3 is 2.38 bits per heavy atom. The molecule has 16 heavy (non-hydrogen) atoms. The highest BCUT2D eigenvalue weighted by atomic mass is 16.1. The van der Waals surface area contributed by atoms with E-state index in [1.807, 2.05) is 29.7 Å². The zero-order valence-electron chi connectivity index (χ0n) is 9.82. The van der Waals surface area contributed by atoms with Gasteiger partial charge in [-0.3, -0.25) is 4.79 Å². The highest BCUT2D eigenvalue weighted by Gasteiger charge is 2.06. The molecule has 0 saturated carbocycles. The summed E-state index contributed by atoms with van der Waals surface area (Å²) in [6.45, 7) is 6.17. The molecule has 0 atom stereocenters. The SMILES string of the molecule is Cc1ccc(-n2c(C)ccc2C=O)cc1C. The zero-order valence-corrected chi connectivity index (χ0v) is 9.82. The predicted molar refractivity (Wildman–Crippen MR) is 65.4 cm³/mol. The van der Waals surface area contributed by atoms with Gasteiger partial charge in [-0.05, 0) is 56.2 Å². The first-order valence-corrected chi connectivity index (χ1v) is 5.34. The molecule has 0 amide bonds. The number of carbonyl (C=O) groups excluding carboxylic acids is 1. The van der Waals surface area contributed by atoms with Crippen LogP contribution in [0.5, 0.6) is 0 Å². The Bertz CT molecular complexity index is 538. The van der Waals surface area contributed by atoms with Crippen LogP contribution in [0.15, 0.2) is 30.3 Å². The van der Waals surface area contributed by atoms with Crippen molar-refractivity contribution in [1.82, 2.24) is 4.57 Å². The molecule has 82 valence electrons. The van der Waals surface area contributed by atoms with E-state index < -0.39 is 0 Å². The molecule has 0 aliphatic rings. The quantitative estimate of drug-likeness (QED) is 0.702. The van der Waals surface area contributed by atoms with Gasteiger partial charge in [0.05, 0.1) is 5.69 Å². The predicted octanol–water partition coefficient (Wildman–Crippen LogP) is 3.22. The lowest BCUT2D eigenvalue weighted by Gasteiger charge is -2.10. The summed E-state index contributed by atoms with van der Waals surface area (Å²) in [6, 6.07) is 10.0. The number of hydrogen-bond acceptors (Lipinski definition) is 1. The number of benzene rings is 1. The maximum atomic E-state index is 10.9. The van der Waals surface area contributed by atoms with Gasteiger partial charge < -0.3 is 4.57 Å². The third-order valence-corrected chi connectivity index (χ3v) is 2.98. The average molecular weight is 213 g/mol. The second-order valence-corrected chi connectivity index (χ2v) is 4.12. The minimum atomic E-state index is 0.695. The Hall–Kier alpha value is -1.83. The molecule has 1 aromatic heterocycles. The van der Waals surface area contributed by atoms with Crippen LogP contribution < -0.4 is 0 Å². The monoisotopic (exact) mass is 213 g/mol. The van der Waals surface area contributed by atoms with Crippen molar-refractivity contribution < 1.29 is 4.79 Å². The van der Waals surface area contributed by atoms with E-state index in [0.717, 1.165) is 17.7 Å². The normalized spacial score (nSPS) is 10.4. The van der Waals surface area contributed by atoms with Gasteiger partial charge >= 0.3 is 0 Å². The smallest absolute Gasteiger partial charge is 0.166 e. The van der Waals surface area contributed by atoms with Crippen molar-refractivity contribution >= 4 is 6.29 Å². The topological polar surface area (TPSA) is 22.0 Å². The Balaban J connectivity index is 2.62. The first-order valence-electron chi connectivity index (χ1n) is 5.34. The molecular formula is C14H15NO. The number of aldehydes is 1. The summed E-state index contributed by atoms with van der Waals surface area (Å²) in [5.41, 5.74) is 5.32. The molecule has 0 saturated heterocycles. The lowest BCUT2D eigenvalue weighted by molar-refractivity contribution is 0.111. The standard InChI is InChI=1S/C14H15NO/c1-10-4-6-13(8-11(10)2)15-12(3)5-7-14(15)9-16/h4-9H,1-3H3. The minimum Gasteiger partial charge on any atom is -0.311 e. The second-order valence-electron chi connectivity index (χ2n) is 4.12. The molecule has 2 heteroatoms. The molecule has 0 bridgehead atoms. The van der Waals surface area contributed by atoms with Crippen molar-refractivity contribution in [3.63, 3.8) is 0 Å². The molecular weight excluding hydrogens is 198 g/mol. The van der Waals surface area contributed by atoms with Gasteiger partial charge in [0, 0.05) is 11.4 Å². The first kappa shape index (κ1) is 10.7. The number of rotatable bonds is 2. The Kier molecular flexibility index (Phi) is 2.65. The maximum Gasteiger partial charge on any atom is 0.166 e. The molecule has 0 fully saturated rings. The summed E-state index contributed by atoms with van der Waals surface area (Å²) < 4.78 is 1.97. The van der Waals surface area contributed by atoms with E-state index >= 15 is 0 Å². The number of aromatic nitrogens is 1. The molecule has 1 heterocycles. The van der Waals surface area contributed by atoms with Crippen molar-refractivity contribution in [2.24, 2.45) is 0 Å². The highest BCUT2D eigenvalue weighted by Crippen LogP contribution is 2.18. The van der Waals surface area contributed by atoms with E-state index in [4.69, 9.17) is 0 Å². The van der Waals surface area contributed by atoms with Crippen LogP contribution in [0.2, 0.25) is 0 Å². The third-order valence-electron chi connectivity index (χ3n) is 2.98. The molecule has 0 spiro atoms. The van der Waals surface area contributed by atoms with Crippen LogP contribution in [0.3, 0.4) is 0 Å². The summed E-state index contributed by atoms with van der Waals surface area (Å²) in [5, 5.41) is 0. The molecule has 2 aromatic rings. The van der Waals surface area contributed by atoms with Crippen LogP contribution in [-0.2, 0) is 0 Å². The van der Waals surface area contributed by atoms with Crippen molar-refractivity contribution in [2.75, 3.05) is 0 Å². The van der Waals surface area contributed by atoms with Gasteiger partial charge in [-0.25, -0.2) is 0 Å². The van der Waals surface area contributed by atoms with E-state index in [1.165, 1.54) is 11.1 Å². The average Bonchev–Trinajstić information content (AvgIpc) is 2.64. The summed E-state index contributed by atoms with van der Waals surface area (Å²) in [7, 11) is 0. The molecule has 1 aromatic carbocycles. The van der Waals surface area contributed by atoms with Gasteiger partial charge in [-0.1, -0.05) is 6.07 Å². The summed E-state index contributed by atoms with van der Waals surface area (Å²) in [6.07, 6.45) is 0.891. The minimum absolute atomic E-state index is 0.695. The lowest BCUT2D eigenvalue weighted by atomic mass is 10.1. The summed E-state index contributed by atoms with van der Waals surface area (Å²) in [5.74, 6) is 0. The molecule has 2 rings (SSSR count). The van der Waals surface area contributed by atoms with E-state index in [2.05, 4.69) is 26.0 Å². The fourth-order valence-electron chi connectivity index (χ4n) is 1.87. The van der Waals surface area contributed by atoms with E-state index in [-0.39, 0.29) is 0 Å². The Labute approximate surface area is 95.5 Å².